The first kappa shape index (κ1) is 15.1. The lowest BCUT2D eigenvalue weighted by Gasteiger charge is -2.37. The first-order chi connectivity index (χ1) is 9.31. The lowest BCUT2D eigenvalue weighted by Crippen LogP contribution is -2.44. The Morgan fingerprint density at radius 3 is 2.80 bits per heavy atom. The summed E-state index contributed by atoms with van der Waals surface area (Å²) in [6.07, 6.45) is 0.322. The Balaban J connectivity index is 2.25. The van der Waals surface area contributed by atoms with Crippen molar-refractivity contribution in [3.63, 3.8) is 0 Å². The van der Waals surface area contributed by atoms with Crippen LogP contribution in [0.3, 0.4) is 0 Å². The third-order valence-electron chi connectivity index (χ3n) is 3.26. The molecule has 0 saturated heterocycles. The van der Waals surface area contributed by atoms with Crippen LogP contribution in [0.5, 0.6) is 0 Å². The number of fused-ring (bicyclic) bond motifs is 1. The van der Waals surface area contributed by atoms with E-state index in [9.17, 15) is 9.90 Å². The SMILES string of the molecule is CC(C)(C)OC(=O)N1CCc2cc(Cl)ccc2[C@@H]1CO. The summed E-state index contributed by atoms with van der Waals surface area (Å²) in [7, 11) is 0. The molecule has 4 nitrogen and oxygen atoms in total. The Kier molecular flexibility index (Phi) is 4.25. The molecule has 1 N–H and O–H groups in total. The number of halogens is 1. The maximum absolute atomic E-state index is 12.2. The van der Waals surface area contributed by atoms with Gasteiger partial charge in [0.05, 0.1) is 12.6 Å². The van der Waals surface area contributed by atoms with Gasteiger partial charge in [-0.1, -0.05) is 17.7 Å². The van der Waals surface area contributed by atoms with Crippen molar-refractivity contribution in [3.8, 4) is 0 Å². The van der Waals surface area contributed by atoms with E-state index in [2.05, 4.69) is 0 Å². The van der Waals surface area contributed by atoms with Gasteiger partial charge in [-0.2, -0.15) is 0 Å². The average molecular weight is 298 g/mol. The van der Waals surface area contributed by atoms with Crippen molar-refractivity contribution in [2.75, 3.05) is 13.2 Å². The molecule has 0 aliphatic carbocycles. The Morgan fingerprint density at radius 2 is 2.20 bits per heavy atom. The first-order valence-corrected chi connectivity index (χ1v) is 7.08. The predicted octanol–water partition coefficient (Wildman–Crippen LogP) is 3.17. The zero-order valence-electron chi connectivity index (χ0n) is 12.0. The summed E-state index contributed by atoms with van der Waals surface area (Å²) in [6, 6.07) is 5.17. The van der Waals surface area contributed by atoms with E-state index in [0.717, 1.165) is 11.1 Å². The normalized spacial score (nSPS) is 18.6. The highest BCUT2D eigenvalue weighted by molar-refractivity contribution is 6.30. The van der Waals surface area contributed by atoms with Crippen LogP contribution < -0.4 is 0 Å². The second-order valence-electron chi connectivity index (χ2n) is 5.97. The highest BCUT2D eigenvalue weighted by atomic mass is 35.5. The van der Waals surface area contributed by atoms with Gasteiger partial charge in [0.1, 0.15) is 5.60 Å². The number of nitrogens with zero attached hydrogens (tertiary/aromatic N) is 1. The molecule has 1 amide bonds. The molecule has 110 valence electrons. The molecule has 0 radical (unpaired) electrons. The van der Waals surface area contributed by atoms with Gasteiger partial charge in [0.2, 0.25) is 0 Å². The number of benzene rings is 1. The molecule has 2 rings (SSSR count). The van der Waals surface area contributed by atoms with Gasteiger partial charge in [0.15, 0.2) is 0 Å². The van der Waals surface area contributed by atoms with Gasteiger partial charge < -0.3 is 9.84 Å². The van der Waals surface area contributed by atoms with Crippen LogP contribution in [0.2, 0.25) is 5.02 Å². The van der Waals surface area contributed by atoms with E-state index in [1.807, 2.05) is 32.9 Å². The summed E-state index contributed by atoms with van der Waals surface area (Å²) >= 11 is 5.99. The number of ether oxygens (including phenoxy) is 1. The van der Waals surface area contributed by atoms with Gasteiger partial charge in [-0.15, -0.1) is 0 Å². The second-order valence-corrected chi connectivity index (χ2v) is 6.40. The van der Waals surface area contributed by atoms with Crippen molar-refractivity contribution in [2.45, 2.75) is 38.8 Å². The van der Waals surface area contributed by atoms with Crippen LogP contribution in [0.25, 0.3) is 0 Å². The largest absolute Gasteiger partial charge is 0.444 e. The maximum atomic E-state index is 12.2. The van der Waals surface area contributed by atoms with Gasteiger partial charge in [0, 0.05) is 11.6 Å². The molecule has 1 aliphatic heterocycles. The zero-order chi connectivity index (χ0) is 14.9. The maximum Gasteiger partial charge on any atom is 0.410 e. The monoisotopic (exact) mass is 297 g/mol. The standard InChI is InChI=1S/C15H20ClNO3/c1-15(2,3)20-14(19)17-7-6-10-8-11(16)4-5-12(10)13(17)9-18/h4-5,8,13,18H,6-7,9H2,1-3H3/t13-/m0/s1. The molecule has 5 heteroatoms. The van der Waals surface area contributed by atoms with Crippen molar-refractivity contribution >= 4 is 17.7 Å². The molecular formula is C15H20ClNO3. The molecule has 1 aromatic carbocycles. The van der Waals surface area contributed by atoms with Gasteiger partial charge in [-0.25, -0.2) is 4.79 Å². The summed E-state index contributed by atoms with van der Waals surface area (Å²) in [6.45, 7) is 5.88. The van der Waals surface area contributed by atoms with E-state index >= 15 is 0 Å². The van der Waals surface area contributed by atoms with Gasteiger partial charge in [0.25, 0.3) is 0 Å². The number of rotatable bonds is 1. The summed E-state index contributed by atoms with van der Waals surface area (Å²) in [4.78, 5) is 13.8. The number of carbonyl (C=O) groups excluding carboxylic acids is 1. The molecule has 0 saturated carbocycles. The summed E-state index contributed by atoms with van der Waals surface area (Å²) in [5.74, 6) is 0. The molecule has 20 heavy (non-hydrogen) atoms. The third-order valence-corrected chi connectivity index (χ3v) is 3.50. The minimum atomic E-state index is -0.544. The Morgan fingerprint density at radius 1 is 1.50 bits per heavy atom. The van der Waals surface area contributed by atoms with Crippen LogP contribution in [0, 0.1) is 0 Å². The summed E-state index contributed by atoms with van der Waals surface area (Å²) in [5.41, 5.74) is 1.47. The second kappa shape index (κ2) is 5.62. The topological polar surface area (TPSA) is 49.8 Å². The van der Waals surface area contributed by atoms with Crippen LogP contribution >= 0.6 is 11.6 Å². The van der Waals surface area contributed by atoms with Crippen molar-refractivity contribution in [2.24, 2.45) is 0 Å². The lowest BCUT2D eigenvalue weighted by molar-refractivity contribution is 0.00695. The summed E-state index contributed by atoms with van der Waals surface area (Å²) in [5, 5.41) is 10.3. The van der Waals surface area contributed by atoms with Crippen LogP contribution in [0.1, 0.15) is 37.9 Å². The Hall–Kier alpha value is -1.26. The van der Waals surface area contributed by atoms with E-state index in [1.54, 1.807) is 11.0 Å². The highest BCUT2D eigenvalue weighted by Gasteiger charge is 2.33. The molecule has 1 aliphatic rings. The van der Waals surface area contributed by atoms with Gasteiger partial charge in [-0.05, 0) is 50.5 Å². The van der Waals surface area contributed by atoms with Crippen LogP contribution in [-0.2, 0) is 11.2 Å². The smallest absolute Gasteiger partial charge is 0.410 e. The summed E-state index contributed by atoms with van der Waals surface area (Å²) < 4.78 is 5.40. The number of hydrogen-bond acceptors (Lipinski definition) is 3. The zero-order valence-corrected chi connectivity index (χ0v) is 12.8. The van der Waals surface area contributed by atoms with Gasteiger partial charge >= 0.3 is 6.09 Å². The fourth-order valence-electron chi connectivity index (χ4n) is 2.42. The molecule has 0 fully saturated rings. The number of aliphatic hydroxyl groups excluding tert-OH is 1. The quantitative estimate of drug-likeness (QED) is 0.866. The predicted molar refractivity (Wildman–Crippen MR) is 77.9 cm³/mol. The lowest BCUT2D eigenvalue weighted by atomic mass is 9.93. The van der Waals surface area contributed by atoms with E-state index in [0.29, 0.717) is 18.0 Å². The average Bonchev–Trinajstić information content (AvgIpc) is 2.34. The molecule has 1 aromatic rings. The number of carbonyl (C=O) groups is 1. The Bertz CT molecular complexity index is 510. The van der Waals surface area contributed by atoms with E-state index in [4.69, 9.17) is 16.3 Å². The van der Waals surface area contributed by atoms with Crippen LogP contribution in [-0.4, -0.2) is 34.9 Å². The minimum Gasteiger partial charge on any atom is -0.444 e. The van der Waals surface area contributed by atoms with E-state index in [-0.39, 0.29) is 12.6 Å². The fourth-order valence-corrected chi connectivity index (χ4v) is 2.61. The molecule has 1 atom stereocenters. The fraction of sp³-hybridized carbons (Fsp3) is 0.533. The highest BCUT2D eigenvalue weighted by Crippen LogP contribution is 2.32. The number of amides is 1. The van der Waals surface area contributed by atoms with Gasteiger partial charge in [-0.3, -0.25) is 4.90 Å². The van der Waals surface area contributed by atoms with Crippen LogP contribution in [0.4, 0.5) is 4.79 Å². The molecule has 1 heterocycles. The van der Waals surface area contributed by atoms with Crippen molar-refractivity contribution < 1.29 is 14.6 Å². The minimum absolute atomic E-state index is 0.131. The first-order valence-electron chi connectivity index (χ1n) is 6.70. The van der Waals surface area contributed by atoms with Crippen molar-refractivity contribution in [1.82, 2.24) is 4.90 Å². The molecular weight excluding hydrogens is 278 g/mol. The van der Waals surface area contributed by atoms with E-state index < -0.39 is 11.7 Å². The molecule has 0 unspecified atom stereocenters. The molecule has 0 bridgehead atoms. The molecule has 0 aromatic heterocycles. The Labute approximate surface area is 124 Å². The number of aliphatic hydroxyl groups is 1. The van der Waals surface area contributed by atoms with E-state index in [1.165, 1.54) is 0 Å². The van der Waals surface area contributed by atoms with Crippen LogP contribution in [0.15, 0.2) is 18.2 Å². The third kappa shape index (κ3) is 3.25. The van der Waals surface area contributed by atoms with Crippen molar-refractivity contribution in [1.29, 1.82) is 0 Å². The molecule has 0 spiro atoms. The van der Waals surface area contributed by atoms with Crippen molar-refractivity contribution in [3.05, 3.63) is 34.3 Å². The number of hydrogen-bond donors (Lipinski definition) is 1.